The highest BCUT2D eigenvalue weighted by Gasteiger charge is 2.12. The fourth-order valence-corrected chi connectivity index (χ4v) is 3.39. The van der Waals surface area contributed by atoms with Gasteiger partial charge in [0.15, 0.2) is 0 Å². The first-order valence-electron chi connectivity index (χ1n) is 7.58. The molecule has 1 nitrogen and oxygen atoms in total. The number of hydrogen-bond acceptors (Lipinski definition) is 2. The number of nitrogens with one attached hydrogen (secondary N) is 1. The molecule has 0 radical (unpaired) electrons. The van der Waals surface area contributed by atoms with Crippen LogP contribution in [0.3, 0.4) is 0 Å². The maximum Gasteiger partial charge on any atom is 0.0412 e. The highest BCUT2D eigenvalue weighted by atomic mass is 32.2. The van der Waals surface area contributed by atoms with E-state index in [1.807, 2.05) is 0 Å². The van der Waals surface area contributed by atoms with Crippen LogP contribution in [0.4, 0.5) is 0 Å². The van der Waals surface area contributed by atoms with Gasteiger partial charge < -0.3 is 5.32 Å². The Kier molecular flexibility index (Phi) is 5.93. The number of fused-ring (bicyclic) bond motifs is 1. The molecular weight excluding hydrogens is 262 g/mol. The van der Waals surface area contributed by atoms with Crippen molar-refractivity contribution < 1.29 is 0 Å². The van der Waals surface area contributed by atoms with E-state index in [1.54, 1.807) is 0 Å². The van der Waals surface area contributed by atoms with Gasteiger partial charge in [-0.15, -0.1) is 0 Å². The first-order valence-corrected chi connectivity index (χ1v) is 8.63. The van der Waals surface area contributed by atoms with E-state index in [0.29, 0.717) is 6.04 Å². The zero-order valence-electron chi connectivity index (χ0n) is 12.7. The summed E-state index contributed by atoms with van der Waals surface area (Å²) in [5.74, 6) is 1.14. The number of rotatable bonds is 7. The lowest BCUT2D eigenvalue weighted by molar-refractivity contribution is 0.605. The monoisotopic (exact) mass is 287 g/mol. The Labute approximate surface area is 127 Å². The van der Waals surface area contributed by atoms with Gasteiger partial charge in [-0.1, -0.05) is 57.2 Å². The normalized spacial score (nSPS) is 14.3. The summed E-state index contributed by atoms with van der Waals surface area (Å²) in [4.78, 5) is 0. The molecule has 1 N–H and O–H groups in total. The Bertz CT molecular complexity index is 538. The molecule has 0 fully saturated rings. The van der Waals surface area contributed by atoms with Crippen molar-refractivity contribution in [3.05, 3.63) is 48.0 Å². The second-order valence-electron chi connectivity index (χ2n) is 5.27. The number of benzene rings is 2. The largest absolute Gasteiger partial charge is 0.310 e. The van der Waals surface area contributed by atoms with Crippen molar-refractivity contribution in [3.63, 3.8) is 0 Å². The highest BCUT2D eigenvalue weighted by molar-refractivity contribution is 7.99. The quantitative estimate of drug-likeness (QED) is 0.767. The Morgan fingerprint density at radius 2 is 1.80 bits per heavy atom. The van der Waals surface area contributed by atoms with Crippen LogP contribution >= 0.6 is 11.8 Å². The fraction of sp³-hybridized carbons (Fsp3) is 0.444. The van der Waals surface area contributed by atoms with Crippen molar-refractivity contribution in [3.8, 4) is 0 Å². The predicted octanol–water partition coefficient (Wildman–Crippen LogP) is 5.02. The first kappa shape index (κ1) is 15.4. The maximum absolute atomic E-state index is 3.62. The molecule has 20 heavy (non-hydrogen) atoms. The van der Waals surface area contributed by atoms with Gasteiger partial charge in [-0.05, 0) is 35.4 Å². The molecule has 0 aromatic heterocycles. The first-order chi connectivity index (χ1) is 9.74. The van der Waals surface area contributed by atoms with Crippen molar-refractivity contribution in [2.75, 3.05) is 12.3 Å². The molecule has 2 unspecified atom stereocenters. The van der Waals surface area contributed by atoms with E-state index in [0.717, 1.165) is 17.5 Å². The third kappa shape index (κ3) is 4.00. The minimum absolute atomic E-state index is 0.448. The van der Waals surface area contributed by atoms with Crippen LogP contribution in [-0.2, 0) is 0 Å². The molecule has 0 bridgehead atoms. The molecule has 0 spiro atoms. The second kappa shape index (κ2) is 7.70. The lowest BCUT2D eigenvalue weighted by Crippen LogP contribution is -2.23. The van der Waals surface area contributed by atoms with Gasteiger partial charge in [-0.3, -0.25) is 0 Å². The molecule has 2 heteroatoms. The Morgan fingerprint density at radius 1 is 1.05 bits per heavy atom. The molecular formula is C18H25NS. The topological polar surface area (TPSA) is 12.0 Å². The molecule has 0 saturated carbocycles. The Hall–Kier alpha value is -0.990. The molecule has 0 aliphatic heterocycles. The lowest BCUT2D eigenvalue weighted by Gasteiger charge is -2.20. The predicted molar refractivity (Wildman–Crippen MR) is 92.6 cm³/mol. The van der Waals surface area contributed by atoms with E-state index in [9.17, 15) is 0 Å². The fourth-order valence-electron chi connectivity index (χ4n) is 2.32. The minimum Gasteiger partial charge on any atom is -0.310 e. The molecule has 0 amide bonds. The van der Waals surface area contributed by atoms with Crippen LogP contribution < -0.4 is 5.32 Å². The van der Waals surface area contributed by atoms with Crippen molar-refractivity contribution >= 4 is 22.5 Å². The lowest BCUT2D eigenvalue weighted by atomic mass is 10.0. The average molecular weight is 287 g/mol. The van der Waals surface area contributed by atoms with Crippen LogP contribution in [0.2, 0.25) is 0 Å². The van der Waals surface area contributed by atoms with Crippen LogP contribution in [0.25, 0.3) is 10.8 Å². The van der Waals surface area contributed by atoms with E-state index in [4.69, 9.17) is 0 Å². The van der Waals surface area contributed by atoms with E-state index in [2.05, 4.69) is 80.3 Å². The van der Waals surface area contributed by atoms with Crippen molar-refractivity contribution in [2.45, 2.75) is 38.5 Å². The third-order valence-electron chi connectivity index (χ3n) is 3.75. The number of hydrogen-bond donors (Lipinski definition) is 1. The molecule has 108 valence electrons. The Morgan fingerprint density at radius 3 is 2.50 bits per heavy atom. The van der Waals surface area contributed by atoms with E-state index in [-0.39, 0.29) is 0 Å². The van der Waals surface area contributed by atoms with E-state index in [1.165, 1.54) is 22.8 Å². The van der Waals surface area contributed by atoms with Gasteiger partial charge in [-0.2, -0.15) is 11.8 Å². The van der Waals surface area contributed by atoms with Crippen LogP contribution in [0.1, 0.15) is 38.8 Å². The van der Waals surface area contributed by atoms with Gasteiger partial charge in [0.2, 0.25) is 0 Å². The van der Waals surface area contributed by atoms with Crippen LogP contribution in [0, 0.1) is 0 Å². The summed E-state index contributed by atoms with van der Waals surface area (Å²) in [5.41, 5.74) is 1.40. The van der Waals surface area contributed by atoms with Crippen LogP contribution in [0.5, 0.6) is 0 Å². The molecule has 0 aliphatic rings. The van der Waals surface area contributed by atoms with Gasteiger partial charge in [0, 0.05) is 17.0 Å². The standard InChI is InChI=1S/C18H25NS/c1-4-14(3)20-13-18(19-5-2)17-11-10-15-8-6-7-9-16(15)12-17/h6-12,14,18-19H,4-5,13H2,1-3H3. The van der Waals surface area contributed by atoms with Gasteiger partial charge in [0.1, 0.15) is 0 Å². The molecule has 2 aromatic rings. The third-order valence-corrected chi connectivity index (χ3v) is 5.18. The zero-order chi connectivity index (χ0) is 14.4. The maximum atomic E-state index is 3.62. The highest BCUT2D eigenvalue weighted by Crippen LogP contribution is 2.25. The summed E-state index contributed by atoms with van der Waals surface area (Å²) in [6.45, 7) is 7.77. The molecule has 0 heterocycles. The second-order valence-corrected chi connectivity index (χ2v) is 6.74. The van der Waals surface area contributed by atoms with Crippen molar-refractivity contribution in [2.24, 2.45) is 0 Å². The summed E-state index contributed by atoms with van der Waals surface area (Å²) in [6, 6.07) is 15.9. The summed E-state index contributed by atoms with van der Waals surface area (Å²) in [6.07, 6.45) is 1.24. The molecule has 0 aliphatic carbocycles. The summed E-state index contributed by atoms with van der Waals surface area (Å²) in [7, 11) is 0. The SMILES string of the molecule is CCNC(CSC(C)CC)c1ccc2ccccc2c1. The van der Waals surface area contributed by atoms with Gasteiger partial charge in [0.05, 0.1) is 0 Å². The van der Waals surface area contributed by atoms with Gasteiger partial charge in [-0.25, -0.2) is 0 Å². The number of thioether (sulfide) groups is 1. The smallest absolute Gasteiger partial charge is 0.0412 e. The molecule has 2 aromatic carbocycles. The molecule has 0 saturated heterocycles. The summed E-state index contributed by atoms with van der Waals surface area (Å²) < 4.78 is 0. The minimum atomic E-state index is 0.448. The summed E-state index contributed by atoms with van der Waals surface area (Å²) in [5, 5.41) is 7.01. The molecule has 2 atom stereocenters. The van der Waals surface area contributed by atoms with Gasteiger partial charge in [0.25, 0.3) is 0 Å². The van der Waals surface area contributed by atoms with E-state index < -0.39 is 0 Å². The van der Waals surface area contributed by atoms with Crippen LogP contribution in [0.15, 0.2) is 42.5 Å². The van der Waals surface area contributed by atoms with Crippen molar-refractivity contribution in [1.29, 1.82) is 0 Å². The zero-order valence-corrected chi connectivity index (χ0v) is 13.5. The van der Waals surface area contributed by atoms with Crippen molar-refractivity contribution in [1.82, 2.24) is 5.32 Å². The summed E-state index contributed by atoms with van der Waals surface area (Å²) >= 11 is 2.06. The van der Waals surface area contributed by atoms with Crippen LogP contribution in [-0.4, -0.2) is 17.5 Å². The average Bonchev–Trinajstić information content (AvgIpc) is 2.50. The Balaban J connectivity index is 2.17. The van der Waals surface area contributed by atoms with E-state index >= 15 is 0 Å². The molecule has 2 rings (SSSR count). The van der Waals surface area contributed by atoms with Gasteiger partial charge >= 0.3 is 0 Å².